The van der Waals surface area contributed by atoms with Gasteiger partial charge in [-0.3, -0.25) is 4.79 Å². The number of primary amides is 1. The third-order valence-electron chi connectivity index (χ3n) is 5.84. The van der Waals surface area contributed by atoms with Crippen LogP contribution in [0.5, 0.6) is 5.75 Å². The third-order valence-corrected chi connectivity index (χ3v) is 5.84. The smallest absolute Gasteiger partial charge is 0.254 e. The molecule has 2 heterocycles. The number of anilines is 3. The zero-order valence-electron chi connectivity index (χ0n) is 20.0. The van der Waals surface area contributed by atoms with Crippen LogP contribution in [0, 0.1) is 17.5 Å². The van der Waals surface area contributed by atoms with Gasteiger partial charge in [0.2, 0.25) is 12.2 Å². The molecule has 8 N–H and O–H groups in total. The number of hydrogen-bond donors (Lipinski definition) is 7. The predicted molar refractivity (Wildman–Crippen MR) is 128 cm³/mol. The van der Waals surface area contributed by atoms with E-state index >= 15 is 0 Å². The molecule has 1 fully saturated rings. The molecule has 1 aromatic heterocycles. The van der Waals surface area contributed by atoms with Crippen molar-refractivity contribution in [3.05, 3.63) is 71.2 Å². The van der Waals surface area contributed by atoms with Gasteiger partial charge in [-0.25, -0.2) is 18.2 Å². The first-order valence-electron chi connectivity index (χ1n) is 11.5. The number of nitrogens with one attached hydrogen (secondary N) is 2. The van der Waals surface area contributed by atoms with Crippen molar-refractivity contribution in [3.8, 4) is 5.75 Å². The summed E-state index contributed by atoms with van der Waals surface area (Å²) in [6.07, 6.45) is -6.12. The molecule has 0 saturated carbocycles. The second-order valence-corrected chi connectivity index (χ2v) is 8.46. The fourth-order valence-corrected chi connectivity index (χ4v) is 3.71. The average Bonchev–Trinajstić information content (AvgIpc) is 2.92. The van der Waals surface area contributed by atoms with Gasteiger partial charge in [0.1, 0.15) is 41.8 Å². The Morgan fingerprint density at radius 2 is 1.72 bits per heavy atom. The van der Waals surface area contributed by atoms with E-state index < -0.39 is 72.8 Å². The van der Waals surface area contributed by atoms with E-state index in [0.29, 0.717) is 11.8 Å². The molecule has 0 aliphatic carbocycles. The summed E-state index contributed by atoms with van der Waals surface area (Å²) in [5.41, 5.74) is 4.98. The first kappa shape index (κ1) is 28.0. The zero-order chi connectivity index (χ0) is 28.3. The van der Waals surface area contributed by atoms with Crippen molar-refractivity contribution in [2.75, 3.05) is 17.2 Å². The maximum Gasteiger partial charge on any atom is 0.254 e. The van der Waals surface area contributed by atoms with Crippen molar-refractivity contribution < 1.29 is 47.9 Å². The second kappa shape index (κ2) is 11.8. The lowest BCUT2D eigenvalue weighted by atomic mass is 9.99. The number of carbonyl (C=O) groups is 1. The van der Waals surface area contributed by atoms with Gasteiger partial charge in [0.15, 0.2) is 11.6 Å². The molecule has 4 rings (SSSR count). The molecule has 0 radical (unpaired) electrons. The number of nitrogens with two attached hydrogens (primary N) is 1. The lowest BCUT2D eigenvalue weighted by Crippen LogP contribution is -2.60. The summed E-state index contributed by atoms with van der Waals surface area (Å²) in [5, 5.41) is 44.6. The summed E-state index contributed by atoms with van der Waals surface area (Å²) < 4.78 is 52.3. The lowest BCUT2D eigenvalue weighted by Gasteiger charge is -2.39. The number of carbonyl (C=O) groups excluding carboxylic acids is 1. The number of benzene rings is 2. The van der Waals surface area contributed by atoms with Crippen LogP contribution in [-0.2, 0) is 11.3 Å². The molecule has 0 bridgehead atoms. The largest absolute Gasteiger partial charge is 0.462 e. The number of aromatic nitrogens is 2. The van der Waals surface area contributed by atoms with E-state index in [4.69, 9.17) is 15.2 Å². The minimum Gasteiger partial charge on any atom is -0.462 e. The maximum absolute atomic E-state index is 14.0. The summed E-state index contributed by atoms with van der Waals surface area (Å²) in [4.78, 5) is 19.9. The Morgan fingerprint density at radius 1 is 1.03 bits per heavy atom. The molecule has 2 aromatic carbocycles. The van der Waals surface area contributed by atoms with E-state index in [-0.39, 0.29) is 23.1 Å². The lowest BCUT2D eigenvalue weighted by molar-refractivity contribution is -0.277. The van der Waals surface area contributed by atoms with Gasteiger partial charge in [-0.1, -0.05) is 0 Å². The molecule has 3 aromatic rings. The summed E-state index contributed by atoms with van der Waals surface area (Å²) in [7, 11) is 0. The highest BCUT2D eigenvalue weighted by Gasteiger charge is 2.44. The summed E-state index contributed by atoms with van der Waals surface area (Å²) in [6.45, 7) is -1.15. The molecular weight excluding hydrogens is 527 g/mol. The van der Waals surface area contributed by atoms with Gasteiger partial charge in [-0.15, -0.1) is 0 Å². The van der Waals surface area contributed by atoms with Gasteiger partial charge in [-0.05, 0) is 36.4 Å². The molecule has 1 aliphatic heterocycles. The van der Waals surface area contributed by atoms with Crippen LogP contribution in [0.2, 0.25) is 0 Å². The van der Waals surface area contributed by atoms with Crippen molar-refractivity contribution >= 4 is 23.4 Å². The predicted octanol–water partition coefficient (Wildman–Crippen LogP) is 0.527. The maximum atomic E-state index is 14.0. The number of halogens is 3. The highest BCUT2D eigenvalue weighted by Crippen LogP contribution is 2.26. The third kappa shape index (κ3) is 6.18. The van der Waals surface area contributed by atoms with Crippen molar-refractivity contribution in [2.45, 2.75) is 37.3 Å². The Morgan fingerprint density at radius 3 is 2.38 bits per heavy atom. The van der Waals surface area contributed by atoms with E-state index in [0.717, 1.165) is 12.3 Å². The number of hydrogen-bond acceptors (Lipinski definition) is 11. The van der Waals surface area contributed by atoms with Crippen LogP contribution < -0.4 is 21.1 Å². The molecule has 0 unspecified atom stereocenters. The Balaban J connectivity index is 1.46. The first-order chi connectivity index (χ1) is 18.6. The molecule has 15 heteroatoms. The van der Waals surface area contributed by atoms with Crippen LogP contribution in [0.25, 0.3) is 0 Å². The standard InChI is InChI=1S/C24H24F3N5O7/c25-14-5-6-15(26)17(27)12(14)7-29-22-13(21(28)37)8-30-24(32-22)31-10-1-3-11(4-2-10)38-23-20(36)19(35)18(34)16(9-33)39-23/h1-6,8,16,18-20,23,33-36H,7,9H2,(H2,28,37)(H2,29,30,31,32)/t16-,18-,19+,20-,23-/m1/s1. The SMILES string of the molecule is NC(=O)c1cnc(Nc2ccc(O[C@@H]3O[C@H](CO)[C@@H](O)[C@H](O)[C@H]3O)cc2)nc1NCc1c(F)ccc(F)c1F. The number of aliphatic hydroxyl groups excluding tert-OH is 4. The topological polar surface area (TPSA) is 192 Å². The monoisotopic (exact) mass is 551 g/mol. The van der Waals surface area contributed by atoms with E-state index in [2.05, 4.69) is 20.6 Å². The van der Waals surface area contributed by atoms with Gasteiger partial charge in [-0.2, -0.15) is 4.98 Å². The molecule has 208 valence electrons. The van der Waals surface area contributed by atoms with Crippen molar-refractivity contribution in [1.82, 2.24) is 9.97 Å². The number of aliphatic hydroxyl groups is 4. The molecule has 1 saturated heterocycles. The number of rotatable bonds is 9. The number of ether oxygens (including phenoxy) is 2. The number of nitrogens with zero attached hydrogens (tertiary/aromatic N) is 2. The van der Waals surface area contributed by atoms with E-state index in [1.54, 1.807) is 0 Å². The minimum absolute atomic E-state index is 0.0368. The van der Waals surface area contributed by atoms with Crippen LogP contribution in [0.15, 0.2) is 42.6 Å². The first-order valence-corrected chi connectivity index (χ1v) is 11.5. The Labute approximate surface area is 218 Å². The van der Waals surface area contributed by atoms with Gasteiger partial charge in [0.05, 0.1) is 12.2 Å². The van der Waals surface area contributed by atoms with Crippen LogP contribution in [-0.4, -0.2) is 73.6 Å². The second-order valence-electron chi connectivity index (χ2n) is 8.46. The molecule has 12 nitrogen and oxygen atoms in total. The minimum atomic E-state index is -1.60. The quantitative estimate of drug-likeness (QED) is 0.184. The van der Waals surface area contributed by atoms with Crippen LogP contribution in [0.1, 0.15) is 15.9 Å². The number of amides is 1. The summed E-state index contributed by atoms with van der Waals surface area (Å²) in [5.74, 6) is -4.54. The van der Waals surface area contributed by atoms with Crippen molar-refractivity contribution in [1.29, 1.82) is 0 Å². The van der Waals surface area contributed by atoms with Crippen LogP contribution in [0.4, 0.5) is 30.6 Å². The zero-order valence-corrected chi connectivity index (χ0v) is 20.0. The highest BCUT2D eigenvalue weighted by atomic mass is 19.2. The molecule has 5 atom stereocenters. The highest BCUT2D eigenvalue weighted by molar-refractivity contribution is 5.97. The Bertz CT molecular complexity index is 1330. The van der Waals surface area contributed by atoms with Crippen LogP contribution in [0.3, 0.4) is 0 Å². The molecule has 0 spiro atoms. The average molecular weight is 551 g/mol. The Kier molecular flexibility index (Phi) is 8.47. The molecule has 1 aliphatic rings. The van der Waals surface area contributed by atoms with Gasteiger partial charge < -0.3 is 46.3 Å². The molecular formula is C24H24F3N5O7. The fourth-order valence-electron chi connectivity index (χ4n) is 3.71. The van der Waals surface area contributed by atoms with E-state index in [9.17, 15) is 38.4 Å². The fraction of sp³-hybridized carbons (Fsp3) is 0.292. The van der Waals surface area contributed by atoms with Crippen molar-refractivity contribution in [2.24, 2.45) is 5.73 Å². The van der Waals surface area contributed by atoms with E-state index in [1.165, 1.54) is 24.3 Å². The summed E-state index contributed by atoms with van der Waals surface area (Å²) >= 11 is 0. The van der Waals surface area contributed by atoms with E-state index in [1.807, 2.05) is 0 Å². The normalized spacial score (nSPS) is 22.8. The molecule has 1 amide bonds. The molecule has 39 heavy (non-hydrogen) atoms. The van der Waals surface area contributed by atoms with Crippen molar-refractivity contribution in [3.63, 3.8) is 0 Å². The van der Waals surface area contributed by atoms with Gasteiger partial charge in [0, 0.05) is 24.0 Å². The summed E-state index contributed by atoms with van der Waals surface area (Å²) in [6, 6.07) is 7.40. The van der Waals surface area contributed by atoms with Crippen LogP contribution >= 0.6 is 0 Å². The Hall–Kier alpha value is -4.02. The van der Waals surface area contributed by atoms with Gasteiger partial charge >= 0.3 is 0 Å². The van der Waals surface area contributed by atoms with Gasteiger partial charge in [0.25, 0.3) is 5.91 Å².